The summed E-state index contributed by atoms with van der Waals surface area (Å²) in [6, 6.07) is 6.14. The molecule has 1 aromatic rings. The van der Waals surface area contributed by atoms with Gasteiger partial charge >= 0.3 is 0 Å². The quantitative estimate of drug-likeness (QED) is 0.846. The largest absolute Gasteiger partial charge is 0.324 e. The summed E-state index contributed by atoms with van der Waals surface area (Å²) >= 11 is 2.02. The van der Waals surface area contributed by atoms with E-state index in [1.807, 2.05) is 23.9 Å². The zero-order chi connectivity index (χ0) is 14.9. The molecule has 1 heterocycles. The Bertz CT molecular complexity index is 546. The summed E-state index contributed by atoms with van der Waals surface area (Å²) in [7, 11) is 0. The predicted octanol–water partition coefficient (Wildman–Crippen LogP) is 2.82. The lowest BCUT2D eigenvalue weighted by atomic mass is 10.1. The zero-order valence-electron chi connectivity index (χ0n) is 13.3. The van der Waals surface area contributed by atoms with E-state index in [-0.39, 0.29) is 30.7 Å². The molecule has 2 aliphatic rings. The van der Waals surface area contributed by atoms with E-state index in [1.165, 1.54) is 17.1 Å². The number of benzene rings is 1. The zero-order valence-corrected chi connectivity index (χ0v) is 15.8. The van der Waals surface area contributed by atoms with Crippen LogP contribution in [-0.4, -0.2) is 40.9 Å². The first-order valence-electron chi connectivity index (χ1n) is 7.57. The minimum Gasteiger partial charge on any atom is -0.324 e. The molecule has 1 saturated carbocycles. The molecule has 1 aromatic carbocycles. The third-order valence-corrected chi connectivity index (χ3v) is 5.38. The summed E-state index contributed by atoms with van der Waals surface area (Å²) < 4.78 is 0. The molecule has 1 aliphatic heterocycles. The maximum Gasteiger partial charge on any atom is 0.244 e. The monoisotopic (exact) mass is 377 g/mol. The van der Waals surface area contributed by atoms with E-state index in [1.54, 1.807) is 0 Å². The lowest BCUT2D eigenvalue weighted by Gasteiger charge is -2.27. The fourth-order valence-corrected chi connectivity index (χ4v) is 3.58. The second-order valence-electron chi connectivity index (χ2n) is 6.09. The Hall–Kier alpha value is -0.460. The second kappa shape index (κ2) is 8.58. The number of amides is 1. The molecule has 1 saturated heterocycles. The van der Waals surface area contributed by atoms with E-state index < -0.39 is 5.54 Å². The smallest absolute Gasteiger partial charge is 0.244 e. The van der Waals surface area contributed by atoms with Gasteiger partial charge in [0.05, 0.1) is 5.54 Å². The number of carbonyl (C=O) groups is 1. The van der Waals surface area contributed by atoms with Gasteiger partial charge in [0.15, 0.2) is 0 Å². The van der Waals surface area contributed by atoms with Gasteiger partial charge in [-0.1, -0.05) is 12.1 Å². The molecule has 130 valence electrons. The van der Waals surface area contributed by atoms with Gasteiger partial charge in [-0.2, -0.15) is 11.8 Å². The number of nitrogens with zero attached hydrogens (tertiary/aromatic N) is 1. The number of nitrogens with one attached hydrogen (secondary N) is 1. The molecular formula is C16H25Cl2N3OS. The maximum atomic E-state index is 12.1. The summed E-state index contributed by atoms with van der Waals surface area (Å²) in [5, 5.41) is 3.00. The molecule has 0 atom stereocenters. The average Bonchev–Trinajstić information content (AvgIpc) is 3.24. The van der Waals surface area contributed by atoms with Crippen molar-refractivity contribution in [2.75, 3.05) is 29.9 Å². The Morgan fingerprint density at radius 1 is 1.30 bits per heavy atom. The van der Waals surface area contributed by atoms with E-state index in [2.05, 4.69) is 23.2 Å². The molecule has 1 amide bonds. The third kappa shape index (κ3) is 5.00. The standard InChI is InChI=1S/C16H23N3OS.2ClH/c1-12-13(11-19-7-9-21-10-8-19)3-2-4-14(12)18-15(20)16(17)5-6-16;;/h2-4H,5-11,17H2,1H3,(H,18,20);2*1H. The molecular weight excluding hydrogens is 353 g/mol. The van der Waals surface area contributed by atoms with Gasteiger partial charge in [0.25, 0.3) is 0 Å². The third-order valence-electron chi connectivity index (χ3n) is 4.43. The van der Waals surface area contributed by atoms with Crippen LogP contribution < -0.4 is 11.1 Å². The van der Waals surface area contributed by atoms with Crippen LogP contribution in [0.1, 0.15) is 24.0 Å². The van der Waals surface area contributed by atoms with Gasteiger partial charge in [0.1, 0.15) is 0 Å². The lowest BCUT2D eigenvalue weighted by molar-refractivity contribution is -0.118. The number of rotatable bonds is 4. The van der Waals surface area contributed by atoms with Gasteiger partial charge in [-0.3, -0.25) is 9.69 Å². The summed E-state index contributed by atoms with van der Waals surface area (Å²) in [4.78, 5) is 14.6. The number of hydrogen-bond acceptors (Lipinski definition) is 4. The number of thioether (sulfide) groups is 1. The Morgan fingerprint density at radius 3 is 2.57 bits per heavy atom. The van der Waals surface area contributed by atoms with Crippen LogP contribution >= 0.6 is 36.6 Å². The molecule has 3 N–H and O–H groups in total. The minimum absolute atomic E-state index is 0. The SMILES string of the molecule is Cc1c(CN2CCSCC2)cccc1NC(=O)C1(N)CC1.Cl.Cl. The van der Waals surface area contributed by atoms with Crippen LogP contribution in [0.4, 0.5) is 5.69 Å². The molecule has 23 heavy (non-hydrogen) atoms. The first-order valence-corrected chi connectivity index (χ1v) is 8.73. The van der Waals surface area contributed by atoms with Crippen molar-refractivity contribution >= 4 is 48.2 Å². The van der Waals surface area contributed by atoms with Gasteiger partial charge in [-0.15, -0.1) is 24.8 Å². The molecule has 0 aromatic heterocycles. The summed E-state index contributed by atoms with van der Waals surface area (Å²) in [5.41, 5.74) is 8.69. The molecule has 0 spiro atoms. The highest BCUT2D eigenvalue weighted by molar-refractivity contribution is 7.99. The van der Waals surface area contributed by atoms with Crippen LogP contribution in [0, 0.1) is 6.92 Å². The number of anilines is 1. The number of halogens is 2. The van der Waals surface area contributed by atoms with Crippen molar-refractivity contribution in [3.8, 4) is 0 Å². The van der Waals surface area contributed by atoms with Gasteiger partial charge < -0.3 is 11.1 Å². The van der Waals surface area contributed by atoms with Crippen molar-refractivity contribution in [3.05, 3.63) is 29.3 Å². The van der Waals surface area contributed by atoms with E-state index in [9.17, 15) is 4.79 Å². The Morgan fingerprint density at radius 2 is 1.96 bits per heavy atom. The molecule has 3 rings (SSSR count). The molecule has 0 bridgehead atoms. The Labute approximate surface area is 154 Å². The van der Waals surface area contributed by atoms with Crippen LogP contribution in [0.5, 0.6) is 0 Å². The molecule has 7 heteroatoms. The maximum absolute atomic E-state index is 12.1. The fraction of sp³-hybridized carbons (Fsp3) is 0.562. The first kappa shape index (κ1) is 20.6. The number of nitrogens with two attached hydrogens (primary N) is 1. The second-order valence-corrected chi connectivity index (χ2v) is 7.31. The van der Waals surface area contributed by atoms with Crippen LogP contribution in [0.25, 0.3) is 0 Å². The fourth-order valence-electron chi connectivity index (χ4n) is 2.60. The van der Waals surface area contributed by atoms with Crippen molar-refractivity contribution in [2.45, 2.75) is 31.8 Å². The summed E-state index contributed by atoms with van der Waals surface area (Å²) in [6.45, 7) is 5.34. The molecule has 2 fully saturated rings. The van der Waals surface area contributed by atoms with Crippen molar-refractivity contribution in [1.29, 1.82) is 0 Å². The van der Waals surface area contributed by atoms with Crippen molar-refractivity contribution in [2.24, 2.45) is 5.73 Å². The van der Waals surface area contributed by atoms with Gasteiger partial charge in [0, 0.05) is 36.8 Å². The highest BCUT2D eigenvalue weighted by atomic mass is 35.5. The van der Waals surface area contributed by atoms with Gasteiger partial charge in [-0.05, 0) is 37.0 Å². The highest BCUT2D eigenvalue weighted by Gasteiger charge is 2.46. The van der Waals surface area contributed by atoms with Crippen molar-refractivity contribution < 1.29 is 4.79 Å². The van der Waals surface area contributed by atoms with Crippen molar-refractivity contribution in [3.63, 3.8) is 0 Å². The molecule has 0 radical (unpaired) electrons. The van der Waals surface area contributed by atoms with E-state index in [4.69, 9.17) is 5.73 Å². The van der Waals surface area contributed by atoms with Crippen LogP contribution in [0.3, 0.4) is 0 Å². The van der Waals surface area contributed by atoms with Crippen LogP contribution in [-0.2, 0) is 11.3 Å². The first-order chi connectivity index (χ1) is 10.1. The minimum atomic E-state index is -0.619. The predicted molar refractivity (Wildman–Crippen MR) is 103 cm³/mol. The van der Waals surface area contributed by atoms with E-state index in [0.717, 1.165) is 43.7 Å². The van der Waals surface area contributed by atoms with Crippen molar-refractivity contribution in [1.82, 2.24) is 4.90 Å². The highest BCUT2D eigenvalue weighted by Crippen LogP contribution is 2.34. The average molecular weight is 378 g/mol. The summed E-state index contributed by atoms with van der Waals surface area (Å²) in [6.07, 6.45) is 1.59. The van der Waals surface area contributed by atoms with E-state index in [0.29, 0.717) is 0 Å². The Kier molecular flexibility index (Phi) is 7.68. The van der Waals surface area contributed by atoms with Crippen LogP contribution in [0.2, 0.25) is 0 Å². The molecule has 1 aliphatic carbocycles. The number of hydrogen-bond donors (Lipinski definition) is 2. The van der Waals surface area contributed by atoms with Crippen LogP contribution in [0.15, 0.2) is 18.2 Å². The van der Waals surface area contributed by atoms with Gasteiger partial charge in [0.2, 0.25) is 5.91 Å². The Balaban J connectivity index is 0.00000132. The number of carbonyl (C=O) groups excluding carboxylic acids is 1. The lowest BCUT2D eigenvalue weighted by Crippen LogP contribution is -2.38. The summed E-state index contributed by atoms with van der Waals surface area (Å²) in [5.74, 6) is 2.38. The molecule has 4 nitrogen and oxygen atoms in total. The van der Waals surface area contributed by atoms with E-state index >= 15 is 0 Å². The normalized spacial score (nSPS) is 19.2. The molecule has 0 unspecified atom stereocenters. The topological polar surface area (TPSA) is 58.4 Å². The van der Waals surface area contributed by atoms with Gasteiger partial charge in [-0.25, -0.2) is 0 Å².